The van der Waals surface area contributed by atoms with Crippen LogP contribution in [0.5, 0.6) is 0 Å². The molecule has 2 heteroatoms. The van der Waals surface area contributed by atoms with Crippen LogP contribution in [0.15, 0.2) is 22.8 Å². The molecule has 1 nitrogen and oxygen atoms in total. The van der Waals surface area contributed by atoms with Crippen molar-refractivity contribution in [3.63, 3.8) is 0 Å². The van der Waals surface area contributed by atoms with Gasteiger partial charge in [0.1, 0.15) is 5.76 Å². The topological polar surface area (TPSA) is 13.1 Å². The number of rotatable bonds is 4. The minimum Gasteiger partial charge on any atom is -0.469 e. The molecule has 1 fully saturated rings. The molecule has 2 rings (SSSR count). The van der Waals surface area contributed by atoms with Crippen molar-refractivity contribution < 1.29 is 4.42 Å². The van der Waals surface area contributed by atoms with Crippen LogP contribution in [0.2, 0.25) is 0 Å². The van der Waals surface area contributed by atoms with E-state index in [4.69, 9.17) is 16.0 Å². The summed E-state index contributed by atoms with van der Waals surface area (Å²) in [6, 6.07) is 3.94. The number of hydrogen-bond acceptors (Lipinski definition) is 1. The first-order valence-corrected chi connectivity index (χ1v) is 4.96. The SMILES string of the molecule is ClC(CCc1ccco1)C1CC1. The molecule has 1 aromatic heterocycles. The highest BCUT2D eigenvalue weighted by molar-refractivity contribution is 6.20. The molecule has 1 aromatic rings. The maximum absolute atomic E-state index is 6.15. The van der Waals surface area contributed by atoms with E-state index < -0.39 is 0 Å². The van der Waals surface area contributed by atoms with Crippen molar-refractivity contribution in [2.75, 3.05) is 0 Å². The summed E-state index contributed by atoms with van der Waals surface area (Å²) in [6.45, 7) is 0. The summed E-state index contributed by atoms with van der Waals surface area (Å²) in [6.07, 6.45) is 6.41. The molecule has 66 valence electrons. The second-order valence-corrected chi connectivity index (χ2v) is 4.03. The zero-order valence-electron chi connectivity index (χ0n) is 7.00. The Labute approximate surface area is 77.7 Å². The van der Waals surface area contributed by atoms with Gasteiger partial charge in [0, 0.05) is 11.8 Å². The molecule has 1 aliphatic rings. The Morgan fingerprint density at radius 3 is 3.00 bits per heavy atom. The first-order chi connectivity index (χ1) is 5.86. The van der Waals surface area contributed by atoms with E-state index in [-0.39, 0.29) is 0 Å². The summed E-state index contributed by atoms with van der Waals surface area (Å²) in [4.78, 5) is 0. The van der Waals surface area contributed by atoms with Gasteiger partial charge in [0.05, 0.1) is 6.26 Å². The van der Waals surface area contributed by atoms with Crippen LogP contribution in [0.3, 0.4) is 0 Å². The van der Waals surface area contributed by atoms with E-state index in [2.05, 4.69) is 0 Å². The molecule has 0 aromatic carbocycles. The highest BCUT2D eigenvalue weighted by atomic mass is 35.5. The Kier molecular flexibility index (Phi) is 2.40. The molecule has 1 heterocycles. The maximum Gasteiger partial charge on any atom is 0.103 e. The molecule has 12 heavy (non-hydrogen) atoms. The van der Waals surface area contributed by atoms with E-state index in [0.29, 0.717) is 5.38 Å². The van der Waals surface area contributed by atoms with Gasteiger partial charge in [-0.2, -0.15) is 0 Å². The lowest BCUT2D eigenvalue weighted by molar-refractivity contribution is 0.494. The van der Waals surface area contributed by atoms with E-state index in [0.717, 1.165) is 24.5 Å². The Morgan fingerprint density at radius 1 is 1.58 bits per heavy atom. The van der Waals surface area contributed by atoms with Crippen LogP contribution < -0.4 is 0 Å². The predicted octanol–water partition coefficient (Wildman–Crippen LogP) is 3.23. The van der Waals surface area contributed by atoms with Crippen LogP contribution in [0.25, 0.3) is 0 Å². The molecule has 1 aliphatic carbocycles. The van der Waals surface area contributed by atoms with E-state index in [9.17, 15) is 0 Å². The van der Waals surface area contributed by atoms with Crippen LogP contribution in [0.4, 0.5) is 0 Å². The number of halogens is 1. The molecular formula is C10H13ClO. The van der Waals surface area contributed by atoms with E-state index >= 15 is 0 Å². The fourth-order valence-electron chi connectivity index (χ4n) is 1.43. The largest absolute Gasteiger partial charge is 0.469 e. The van der Waals surface area contributed by atoms with Gasteiger partial charge in [-0.05, 0) is 37.3 Å². The second-order valence-electron chi connectivity index (χ2n) is 3.47. The van der Waals surface area contributed by atoms with Gasteiger partial charge in [-0.3, -0.25) is 0 Å². The van der Waals surface area contributed by atoms with Gasteiger partial charge in [-0.25, -0.2) is 0 Å². The average molecular weight is 185 g/mol. The summed E-state index contributed by atoms with van der Waals surface area (Å²) >= 11 is 6.15. The lowest BCUT2D eigenvalue weighted by Crippen LogP contribution is -2.02. The van der Waals surface area contributed by atoms with Crippen molar-refractivity contribution in [1.82, 2.24) is 0 Å². The molecule has 0 amide bonds. The average Bonchev–Trinajstić information content (AvgIpc) is 2.80. The molecule has 0 saturated heterocycles. The number of hydrogen-bond donors (Lipinski definition) is 0. The lowest BCUT2D eigenvalue weighted by Gasteiger charge is -2.04. The minimum absolute atomic E-state index is 0.370. The fraction of sp³-hybridized carbons (Fsp3) is 0.600. The second kappa shape index (κ2) is 3.53. The van der Waals surface area contributed by atoms with Crippen molar-refractivity contribution in [1.29, 1.82) is 0 Å². The van der Waals surface area contributed by atoms with E-state index in [1.165, 1.54) is 12.8 Å². The quantitative estimate of drug-likeness (QED) is 0.655. The molecule has 0 radical (unpaired) electrons. The third kappa shape index (κ3) is 2.04. The summed E-state index contributed by atoms with van der Waals surface area (Å²) in [5.74, 6) is 1.85. The van der Waals surface area contributed by atoms with Crippen molar-refractivity contribution in [2.45, 2.75) is 31.1 Å². The summed E-state index contributed by atoms with van der Waals surface area (Å²) in [5.41, 5.74) is 0. The lowest BCUT2D eigenvalue weighted by atomic mass is 10.1. The predicted molar refractivity (Wildman–Crippen MR) is 49.4 cm³/mol. The molecule has 0 aliphatic heterocycles. The van der Waals surface area contributed by atoms with Gasteiger partial charge in [0.25, 0.3) is 0 Å². The molecule has 1 unspecified atom stereocenters. The number of furan rings is 1. The van der Waals surface area contributed by atoms with Crippen LogP contribution in [0, 0.1) is 5.92 Å². The van der Waals surface area contributed by atoms with Gasteiger partial charge in [-0.1, -0.05) is 0 Å². The number of aryl methyl sites for hydroxylation is 1. The highest BCUT2D eigenvalue weighted by Gasteiger charge is 2.29. The van der Waals surface area contributed by atoms with Crippen LogP contribution in [-0.2, 0) is 6.42 Å². The highest BCUT2D eigenvalue weighted by Crippen LogP contribution is 2.37. The molecule has 0 spiro atoms. The fourth-order valence-corrected chi connectivity index (χ4v) is 1.79. The van der Waals surface area contributed by atoms with Crippen LogP contribution in [-0.4, -0.2) is 5.38 Å². The van der Waals surface area contributed by atoms with Crippen molar-refractivity contribution in [3.8, 4) is 0 Å². The Morgan fingerprint density at radius 2 is 2.42 bits per heavy atom. The molecule has 1 atom stereocenters. The molecule has 0 bridgehead atoms. The molecule has 1 saturated carbocycles. The van der Waals surface area contributed by atoms with Gasteiger partial charge in [0.2, 0.25) is 0 Å². The van der Waals surface area contributed by atoms with Crippen LogP contribution in [0.1, 0.15) is 25.0 Å². The normalized spacial score (nSPS) is 19.4. The minimum atomic E-state index is 0.370. The zero-order chi connectivity index (χ0) is 8.39. The summed E-state index contributed by atoms with van der Waals surface area (Å²) in [7, 11) is 0. The Balaban J connectivity index is 1.74. The Hall–Kier alpha value is -0.430. The third-order valence-electron chi connectivity index (χ3n) is 2.38. The Bertz CT molecular complexity index is 226. The zero-order valence-corrected chi connectivity index (χ0v) is 7.76. The summed E-state index contributed by atoms with van der Waals surface area (Å²) in [5, 5.41) is 0.370. The smallest absolute Gasteiger partial charge is 0.103 e. The van der Waals surface area contributed by atoms with Crippen LogP contribution >= 0.6 is 11.6 Å². The first kappa shape index (κ1) is 8.18. The first-order valence-electron chi connectivity index (χ1n) is 4.53. The third-order valence-corrected chi connectivity index (χ3v) is 2.95. The van der Waals surface area contributed by atoms with E-state index in [1.54, 1.807) is 6.26 Å². The van der Waals surface area contributed by atoms with Crippen molar-refractivity contribution in [2.24, 2.45) is 5.92 Å². The van der Waals surface area contributed by atoms with E-state index in [1.807, 2.05) is 12.1 Å². The monoisotopic (exact) mass is 184 g/mol. The molecule has 0 N–H and O–H groups in total. The van der Waals surface area contributed by atoms with Gasteiger partial charge >= 0.3 is 0 Å². The van der Waals surface area contributed by atoms with Gasteiger partial charge in [-0.15, -0.1) is 11.6 Å². The standard InChI is InChI=1S/C10H13ClO/c11-10(8-3-4-8)6-5-9-2-1-7-12-9/h1-2,7-8,10H,3-6H2. The molecular weight excluding hydrogens is 172 g/mol. The van der Waals surface area contributed by atoms with Gasteiger partial charge < -0.3 is 4.42 Å². The van der Waals surface area contributed by atoms with Gasteiger partial charge in [0.15, 0.2) is 0 Å². The van der Waals surface area contributed by atoms with Crippen molar-refractivity contribution >= 4 is 11.6 Å². The number of alkyl halides is 1. The summed E-state index contributed by atoms with van der Waals surface area (Å²) < 4.78 is 5.23. The maximum atomic E-state index is 6.15. The van der Waals surface area contributed by atoms with Crippen molar-refractivity contribution in [3.05, 3.63) is 24.2 Å².